The average Bonchev–Trinajstić information content (AvgIpc) is 3.14. The quantitative estimate of drug-likeness (QED) is 0.276. The Hall–Kier alpha value is -3.38. The van der Waals surface area contributed by atoms with E-state index < -0.39 is 0 Å². The van der Waals surface area contributed by atoms with E-state index in [0.717, 1.165) is 6.42 Å². The lowest BCUT2D eigenvalue weighted by Gasteiger charge is -2.16. The van der Waals surface area contributed by atoms with Crippen LogP contribution in [-0.4, -0.2) is 0 Å². The monoisotopic (exact) mass is 342 g/mol. The molecule has 1 aliphatic rings. The molecule has 0 spiro atoms. The van der Waals surface area contributed by atoms with Gasteiger partial charge in [0, 0.05) is 0 Å². The van der Waals surface area contributed by atoms with Gasteiger partial charge in [-0.25, -0.2) is 0 Å². The molecule has 6 rings (SSSR count). The molecule has 1 aliphatic carbocycles. The summed E-state index contributed by atoms with van der Waals surface area (Å²) in [5.74, 6) is 0. The first-order chi connectivity index (χ1) is 13.4. The van der Waals surface area contributed by atoms with E-state index in [-0.39, 0.29) is 0 Å². The maximum Gasteiger partial charge on any atom is -0.000705 e. The van der Waals surface area contributed by atoms with Gasteiger partial charge < -0.3 is 0 Å². The van der Waals surface area contributed by atoms with Gasteiger partial charge in [-0.1, -0.05) is 97.1 Å². The maximum absolute atomic E-state index is 2.30. The Morgan fingerprint density at radius 3 is 2.04 bits per heavy atom. The molecule has 0 heteroatoms. The van der Waals surface area contributed by atoms with Crippen LogP contribution in [0.5, 0.6) is 0 Å². The highest BCUT2D eigenvalue weighted by molar-refractivity contribution is 6.21. The molecule has 5 aromatic carbocycles. The SMILES string of the molecule is c1ccc(-c2cccc3c4c(c5ccccc5c23)-c2ccccc2C4)cc1. The Labute approximate surface area is 158 Å². The number of benzene rings is 5. The predicted octanol–water partition coefficient (Wildman–Crippen LogP) is 7.23. The van der Waals surface area contributed by atoms with Gasteiger partial charge in [-0.2, -0.15) is 0 Å². The second-order valence-corrected chi connectivity index (χ2v) is 7.33. The summed E-state index contributed by atoms with van der Waals surface area (Å²) < 4.78 is 0. The van der Waals surface area contributed by atoms with E-state index in [0.29, 0.717) is 0 Å². The van der Waals surface area contributed by atoms with Crippen molar-refractivity contribution in [2.24, 2.45) is 0 Å². The Balaban J connectivity index is 1.83. The number of rotatable bonds is 1. The Kier molecular flexibility index (Phi) is 3.04. The minimum Gasteiger partial charge on any atom is -0.0622 e. The van der Waals surface area contributed by atoms with Gasteiger partial charge in [0.05, 0.1) is 0 Å². The van der Waals surface area contributed by atoms with Gasteiger partial charge in [0.25, 0.3) is 0 Å². The molecule has 126 valence electrons. The molecule has 0 N–H and O–H groups in total. The molecular formula is C27H18. The van der Waals surface area contributed by atoms with Crippen LogP contribution in [0.3, 0.4) is 0 Å². The van der Waals surface area contributed by atoms with E-state index in [9.17, 15) is 0 Å². The van der Waals surface area contributed by atoms with Crippen molar-refractivity contribution < 1.29 is 0 Å². The smallest absolute Gasteiger partial charge is 0.000705 e. The van der Waals surface area contributed by atoms with Crippen LogP contribution in [0, 0.1) is 0 Å². The zero-order valence-electron chi connectivity index (χ0n) is 14.9. The summed E-state index contributed by atoms with van der Waals surface area (Å²) in [5, 5.41) is 5.49. The summed E-state index contributed by atoms with van der Waals surface area (Å²) in [7, 11) is 0. The van der Waals surface area contributed by atoms with Crippen LogP contribution >= 0.6 is 0 Å². The molecule has 5 aromatic rings. The minimum atomic E-state index is 1.02. The van der Waals surface area contributed by atoms with Gasteiger partial charge in [-0.3, -0.25) is 0 Å². The van der Waals surface area contributed by atoms with Crippen molar-refractivity contribution in [2.45, 2.75) is 6.42 Å². The van der Waals surface area contributed by atoms with Crippen molar-refractivity contribution in [3.63, 3.8) is 0 Å². The van der Waals surface area contributed by atoms with Crippen LogP contribution in [-0.2, 0) is 6.42 Å². The van der Waals surface area contributed by atoms with Crippen LogP contribution in [0.4, 0.5) is 0 Å². The standard InChI is InChI=1S/C27H18/c1-2-9-18(10-3-1)20-15-8-16-24-25-17-19-11-4-5-12-21(19)27(25)23-14-7-6-13-22(23)26(20)24/h1-16H,17H2. The highest BCUT2D eigenvalue weighted by Crippen LogP contribution is 2.47. The Morgan fingerprint density at radius 1 is 0.481 bits per heavy atom. The van der Waals surface area contributed by atoms with Gasteiger partial charge in [0.2, 0.25) is 0 Å². The first-order valence-electron chi connectivity index (χ1n) is 9.52. The van der Waals surface area contributed by atoms with Crippen LogP contribution in [0.25, 0.3) is 43.8 Å². The third-order valence-corrected chi connectivity index (χ3v) is 5.90. The van der Waals surface area contributed by atoms with Gasteiger partial charge in [-0.05, 0) is 61.3 Å². The molecule has 0 saturated carbocycles. The molecule has 0 fully saturated rings. The third-order valence-electron chi connectivity index (χ3n) is 5.90. The topological polar surface area (TPSA) is 0 Å². The molecule has 0 nitrogen and oxygen atoms in total. The van der Waals surface area contributed by atoms with Crippen molar-refractivity contribution in [3.8, 4) is 22.3 Å². The van der Waals surface area contributed by atoms with Crippen LogP contribution in [0.15, 0.2) is 97.1 Å². The molecule has 0 radical (unpaired) electrons. The highest BCUT2D eigenvalue weighted by atomic mass is 14.3. The molecule has 0 atom stereocenters. The fraction of sp³-hybridized carbons (Fsp3) is 0.0370. The second kappa shape index (κ2) is 5.56. The molecule has 0 saturated heterocycles. The van der Waals surface area contributed by atoms with Crippen molar-refractivity contribution in [3.05, 3.63) is 108 Å². The van der Waals surface area contributed by atoms with E-state index in [1.165, 1.54) is 54.9 Å². The van der Waals surface area contributed by atoms with Crippen molar-refractivity contribution >= 4 is 21.5 Å². The summed E-state index contributed by atoms with van der Waals surface area (Å²) in [6, 6.07) is 35.3. The third kappa shape index (κ3) is 2.04. The van der Waals surface area contributed by atoms with E-state index in [1.807, 2.05) is 0 Å². The second-order valence-electron chi connectivity index (χ2n) is 7.33. The van der Waals surface area contributed by atoms with E-state index in [2.05, 4.69) is 97.1 Å². The summed E-state index contributed by atoms with van der Waals surface area (Å²) in [6.45, 7) is 0. The highest BCUT2D eigenvalue weighted by Gasteiger charge is 2.24. The van der Waals surface area contributed by atoms with Gasteiger partial charge >= 0.3 is 0 Å². The number of hydrogen-bond acceptors (Lipinski definition) is 0. The number of hydrogen-bond donors (Lipinski definition) is 0. The normalized spacial score (nSPS) is 12.3. The molecule has 0 amide bonds. The average molecular weight is 342 g/mol. The lowest BCUT2D eigenvalue weighted by atomic mass is 9.88. The Bertz CT molecular complexity index is 1330. The summed E-state index contributed by atoms with van der Waals surface area (Å²) in [6.07, 6.45) is 1.02. The van der Waals surface area contributed by atoms with E-state index in [4.69, 9.17) is 0 Å². The molecule has 0 aliphatic heterocycles. The number of fused-ring (bicyclic) bond motifs is 8. The van der Waals surface area contributed by atoms with E-state index in [1.54, 1.807) is 0 Å². The van der Waals surface area contributed by atoms with Crippen molar-refractivity contribution in [1.29, 1.82) is 0 Å². The summed E-state index contributed by atoms with van der Waals surface area (Å²) >= 11 is 0. The largest absolute Gasteiger partial charge is 0.0622 e. The van der Waals surface area contributed by atoms with Crippen LogP contribution in [0.2, 0.25) is 0 Å². The van der Waals surface area contributed by atoms with Gasteiger partial charge in [-0.15, -0.1) is 0 Å². The zero-order valence-corrected chi connectivity index (χ0v) is 14.9. The first kappa shape index (κ1) is 14.8. The fourth-order valence-electron chi connectivity index (χ4n) is 4.77. The lowest BCUT2D eigenvalue weighted by molar-refractivity contribution is 1.29. The van der Waals surface area contributed by atoms with Gasteiger partial charge in [0.15, 0.2) is 0 Å². The summed E-state index contributed by atoms with van der Waals surface area (Å²) in [4.78, 5) is 0. The van der Waals surface area contributed by atoms with E-state index >= 15 is 0 Å². The fourth-order valence-corrected chi connectivity index (χ4v) is 4.77. The zero-order chi connectivity index (χ0) is 17.8. The molecule has 0 aromatic heterocycles. The Morgan fingerprint density at radius 2 is 1.15 bits per heavy atom. The van der Waals surface area contributed by atoms with Crippen molar-refractivity contribution in [2.75, 3.05) is 0 Å². The molecule has 0 unspecified atom stereocenters. The molecular weight excluding hydrogens is 324 g/mol. The van der Waals surface area contributed by atoms with Crippen LogP contribution in [0.1, 0.15) is 11.1 Å². The first-order valence-corrected chi connectivity index (χ1v) is 9.52. The molecule has 0 heterocycles. The molecule has 0 bridgehead atoms. The van der Waals surface area contributed by atoms with Gasteiger partial charge in [0.1, 0.15) is 0 Å². The predicted molar refractivity (Wildman–Crippen MR) is 115 cm³/mol. The minimum absolute atomic E-state index is 1.02. The van der Waals surface area contributed by atoms with Crippen molar-refractivity contribution in [1.82, 2.24) is 0 Å². The maximum atomic E-state index is 2.30. The van der Waals surface area contributed by atoms with Crippen LogP contribution < -0.4 is 0 Å². The molecule has 27 heavy (non-hydrogen) atoms. The lowest BCUT2D eigenvalue weighted by Crippen LogP contribution is -1.90. The summed E-state index contributed by atoms with van der Waals surface area (Å²) in [5.41, 5.74) is 8.35.